The second-order valence-electron chi connectivity index (χ2n) is 8.83. The van der Waals surface area contributed by atoms with Crippen molar-refractivity contribution >= 4 is 23.2 Å². The molecule has 2 aromatic heterocycles. The molecule has 5 rings (SSSR count). The van der Waals surface area contributed by atoms with Gasteiger partial charge in [-0.05, 0) is 31.9 Å². The Kier molecular flexibility index (Phi) is 5.97. The Morgan fingerprint density at radius 1 is 1.29 bits per heavy atom. The molecule has 34 heavy (non-hydrogen) atoms. The monoisotopic (exact) mass is 482 g/mol. The molecule has 0 spiro atoms. The predicted molar refractivity (Wildman–Crippen MR) is 124 cm³/mol. The summed E-state index contributed by atoms with van der Waals surface area (Å²) < 4.78 is 11.3. The van der Waals surface area contributed by atoms with Crippen LogP contribution in [0.15, 0.2) is 40.4 Å². The van der Waals surface area contributed by atoms with Gasteiger partial charge in [-0.3, -0.25) is 9.59 Å². The van der Waals surface area contributed by atoms with Crippen molar-refractivity contribution < 1.29 is 24.0 Å². The molecule has 0 bridgehead atoms. The number of nitrogens with zero attached hydrogens (tertiary/aromatic N) is 3. The number of aliphatic hydroxyl groups excluding tert-OH is 1. The van der Waals surface area contributed by atoms with Crippen LogP contribution < -0.4 is 5.32 Å². The highest BCUT2D eigenvalue weighted by Crippen LogP contribution is 2.38. The van der Waals surface area contributed by atoms with Crippen LogP contribution in [-0.2, 0) is 20.9 Å². The molecule has 0 aliphatic carbocycles. The summed E-state index contributed by atoms with van der Waals surface area (Å²) in [6.07, 6.45) is -2.21. The number of hydrogen-bond donors (Lipinski definition) is 2. The fraction of sp³-hybridized carbons (Fsp3) is 0.417. The predicted octanol–water partition coefficient (Wildman–Crippen LogP) is 2.52. The topological polar surface area (TPSA) is 118 Å². The van der Waals surface area contributed by atoms with E-state index in [1.54, 1.807) is 31.3 Å². The smallest absolute Gasteiger partial charge is 0.243 e. The molecule has 0 saturated carbocycles. The molecule has 2 aliphatic heterocycles. The minimum atomic E-state index is -0.943. The fourth-order valence-corrected chi connectivity index (χ4v) is 5.50. The standard InChI is InChI=1S/C24H26N4O5S/c1-12-8-19(33-27-12)20-14(3)32-24-18(29)9-17(28(24)23(20)31)22(30)25-10-15-4-6-16(7-5-15)21-13(2)26-11-34-21/h4-8,11,14,17-18,20,24,29H,9-10H2,1-3H3,(H,25,30)/t14?,17-,18+,20?,24?/m0/s1. The van der Waals surface area contributed by atoms with E-state index in [0.29, 0.717) is 18.0 Å². The lowest BCUT2D eigenvalue weighted by Crippen LogP contribution is -2.57. The Hall–Kier alpha value is -3.08. The molecule has 2 saturated heterocycles. The van der Waals surface area contributed by atoms with Crippen molar-refractivity contribution in [1.82, 2.24) is 20.4 Å². The van der Waals surface area contributed by atoms with Gasteiger partial charge in [0.1, 0.15) is 18.1 Å². The average Bonchev–Trinajstić information content (AvgIpc) is 3.52. The van der Waals surface area contributed by atoms with Gasteiger partial charge in [0.25, 0.3) is 0 Å². The third kappa shape index (κ3) is 4.02. The maximum absolute atomic E-state index is 13.4. The van der Waals surface area contributed by atoms with Crippen LogP contribution in [0.3, 0.4) is 0 Å². The first-order valence-corrected chi connectivity index (χ1v) is 12.1. The highest BCUT2D eigenvalue weighted by molar-refractivity contribution is 7.13. The molecule has 9 nitrogen and oxygen atoms in total. The Bertz CT molecular complexity index is 1210. The quantitative estimate of drug-likeness (QED) is 0.574. The number of thiazole rings is 1. The molecule has 178 valence electrons. The van der Waals surface area contributed by atoms with Gasteiger partial charge < -0.3 is 24.6 Å². The Labute approximate surface area is 200 Å². The molecule has 3 aromatic rings. The molecule has 10 heteroatoms. The summed E-state index contributed by atoms with van der Waals surface area (Å²) in [6.45, 7) is 5.82. The van der Waals surface area contributed by atoms with Crippen LogP contribution >= 0.6 is 11.3 Å². The Balaban J connectivity index is 1.28. The van der Waals surface area contributed by atoms with E-state index in [2.05, 4.69) is 15.5 Å². The average molecular weight is 483 g/mol. The highest BCUT2D eigenvalue weighted by atomic mass is 32.1. The SMILES string of the molecule is Cc1cc(C2C(=O)N3C(OC2C)[C@H](O)C[C@H]3C(=O)NCc2ccc(-c3scnc3C)cc2)on1. The lowest BCUT2D eigenvalue weighted by atomic mass is 9.96. The molecule has 2 aliphatic rings. The van der Waals surface area contributed by atoms with Gasteiger partial charge in [0.15, 0.2) is 12.0 Å². The molecule has 0 radical (unpaired) electrons. The maximum Gasteiger partial charge on any atom is 0.243 e. The molecule has 2 fully saturated rings. The number of benzene rings is 1. The molecule has 4 heterocycles. The second kappa shape index (κ2) is 8.94. The zero-order chi connectivity index (χ0) is 24.0. The van der Waals surface area contributed by atoms with Gasteiger partial charge in [-0.2, -0.15) is 0 Å². The van der Waals surface area contributed by atoms with E-state index in [1.807, 2.05) is 36.7 Å². The summed E-state index contributed by atoms with van der Waals surface area (Å²) in [5.74, 6) is -0.963. The van der Waals surface area contributed by atoms with E-state index in [0.717, 1.165) is 21.7 Å². The number of rotatable bonds is 5. The van der Waals surface area contributed by atoms with Gasteiger partial charge in [-0.25, -0.2) is 4.98 Å². The minimum Gasteiger partial charge on any atom is -0.388 e. The van der Waals surface area contributed by atoms with Gasteiger partial charge >= 0.3 is 0 Å². The van der Waals surface area contributed by atoms with Crippen molar-refractivity contribution in [2.45, 2.75) is 64.1 Å². The van der Waals surface area contributed by atoms with Crippen molar-refractivity contribution in [3.05, 3.63) is 58.6 Å². The third-order valence-corrected chi connectivity index (χ3v) is 7.41. The normalized spacial score (nSPS) is 26.5. The summed E-state index contributed by atoms with van der Waals surface area (Å²) in [5.41, 5.74) is 5.48. The van der Waals surface area contributed by atoms with E-state index in [-0.39, 0.29) is 18.2 Å². The number of fused-ring (bicyclic) bond motifs is 1. The number of carbonyl (C=O) groups excluding carboxylic acids is 2. The summed E-state index contributed by atoms with van der Waals surface area (Å²) in [5, 5.41) is 17.3. The third-order valence-electron chi connectivity index (χ3n) is 6.43. The first kappa shape index (κ1) is 22.7. The van der Waals surface area contributed by atoms with E-state index >= 15 is 0 Å². The largest absolute Gasteiger partial charge is 0.388 e. The first-order valence-electron chi connectivity index (χ1n) is 11.2. The molecule has 2 amide bonds. The number of hydrogen-bond acceptors (Lipinski definition) is 8. The number of ether oxygens (including phenoxy) is 1. The molecule has 2 N–H and O–H groups in total. The summed E-state index contributed by atoms with van der Waals surface area (Å²) in [6, 6.07) is 8.79. The van der Waals surface area contributed by atoms with E-state index in [4.69, 9.17) is 9.26 Å². The van der Waals surface area contributed by atoms with Gasteiger partial charge in [0.2, 0.25) is 11.8 Å². The lowest BCUT2D eigenvalue weighted by molar-refractivity contribution is -0.188. The number of amides is 2. The highest BCUT2D eigenvalue weighted by Gasteiger charge is 2.54. The fourth-order valence-electron chi connectivity index (χ4n) is 4.69. The lowest BCUT2D eigenvalue weighted by Gasteiger charge is -2.40. The number of aliphatic hydroxyl groups is 1. The van der Waals surface area contributed by atoms with Crippen LogP contribution in [0.2, 0.25) is 0 Å². The van der Waals surface area contributed by atoms with Crippen LogP contribution in [0.1, 0.15) is 42.0 Å². The van der Waals surface area contributed by atoms with Crippen molar-refractivity contribution in [3.63, 3.8) is 0 Å². The number of nitrogens with one attached hydrogen (secondary N) is 1. The maximum atomic E-state index is 13.4. The Morgan fingerprint density at radius 3 is 2.71 bits per heavy atom. The second-order valence-corrected chi connectivity index (χ2v) is 9.68. The van der Waals surface area contributed by atoms with Gasteiger partial charge in [-0.15, -0.1) is 11.3 Å². The molecule has 1 aromatic carbocycles. The van der Waals surface area contributed by atoms with Crippen molar-refractivity contribution in [1.29, 1.82) is 0 Å². The van der Waals surface area contributed by atoms with Crippen molar-refractivity contribution in [3.8, 4) is 10.4 Å². The summed E-state index contributed by atoms with van der Waals surface area (Å²) in [7, 11) is 0. The van der Waals surface area contributed by atoms with Gasteiger partial charge in [0.05, 0.1) is 27.9 Å². The number of aryl methyl sites for hydroxylation is 2. The van der Waals surface area contributed by atoms with Crippen LogP contribution in [0.25, 0.3) is 10.4 Å². The van der Waals surface area contributed by atoms with E-state index < -0.39 is 30.4 Å². The van der Waals surface area contributed by atoms with E-state index in [1.165, 1.54) is 4.90 Å². The van der Waals surface area contributed by atoms with E-state index in [9.17, 15) is 14.7 Å². The van der Waals surface area contributed by atoms with Gasteiger partial charge in [0, 0.05) is 19.0 Å². The number of carbonyl (C=O) groups is 2. The molecule has 5 atom stereocenters. The Morgan fingerprint density at radius 2 is 2.06 bits per heavy atom. The van der Waals surface area contributed by atoms with Crippen LogP contribution in [0.5, 0.6) is 0 Å². The van der Waals surface area contributed by atoms with Gasteiger partial charge in [-0.1, -0.05) is 29.4 Å². The van der Waals surface area contributed by atoms with Crippen LogP contribution in [0, 0.1) is 13.8 Å². The van der Waals surface area contributed by atoms with Crippen LogP contribution in [-0.4, -0.2) is 56.4 Å². The first-order chi connectivity index (χ1) is 16.3. The zero-order valence-electron chi connectivity index (χ0n) is 19.1. The van der Waals surface area contributed by atoms with Crippen molar-refractivity contribution in [2.24, 2.45) is 0 Å². The minimum absolute atomic E-state index is 0.112. The zero-order valence-corrected chi connectivity index (χ0v) is 19.9. The van der Waals surface area contributed by atoms with Crippen molar-refractivity contribution in [2.75, 3.05) is 0 Å². The number of aromatic nitrogens is 2. The summed E-state index contributed by atoms with van der Waals surface area (Å²) >= 11 is 1.59. The molecular weight excluding hydrogens is 456 g/mol. The summed E-state index contributed by atoms with van der Waals surface area (Å²) in [4.78, 5) is 33.2. The molecular formula is C24H26N4O5S. The molecule has 3 unspecified atom stereocenters. The van der Waals surface area contributed by atoms with Crippen LogP contribution in [0.4, 0.5) is 0 Å².